The highest BCUT2D eigenvalue weighted by Gasteiger charge is 2.44. The van der Waals surface area contributed by atoms with Crippen molar-refractivity contribution in [2.24, 2.45) is 5.41 Å². The third-order valence-electron chi connectivity index (χ3n) is 2.88. The van der Waals surface area contributed by atoms with Gasteiger partial charge in [-0.1, -0.05) is 11.6 Å². The summed E-state index contributed by atoms with van der Waals surface area (Å²) < 4.78 is 5.31. The molecule has 2 rings (SSSR count). The van der Waals surface area contributed by atoms with Crippen molar-refractivity contribution < 1.29 is 9.53 Å². The van der Waals surface area contributed by atoms with E-state index in [0.29, 0.717) is 10.9 Å². The molecule has 0 saturated heterocycles. The first-order chi connectivity index (χ1) is 8.13. The molecule has 3 nitrogen and oxygen atoms in total. The minimum Gasteiger partial charge on any atom is -0.469 e. The molecule has 1 aromatic heterocycles. The van der Waals surface area contributed by atoms with Crippen molar-refractivity contribution in [2.45, 2.75) is 25.0 Å². The van der Waals surface area contributed by atoms with Crippen molar-refractivity contribution in [1.29, 1.82) is 0 Å². The van der Waals surface area contributed by atoms with Crippen LogP contribution in [0, 0.1) is 5.41 Å². The number of methoxy groups -OCH3 is 1. The average molecular weight is 292 g/mol. The number of thiazole rings is 1. The summed E-state index contributed by atoms with van der Waals surface area (Å²) in [4.78, 5) is 16.4. The summed E-state index contributed by atoms with van der Waals surface area (Å²) in [5.41, 5.74) is 0.201. The normalized spacial score (nSPS) is 16.8. The van der Waals surface area contributed by atoms with Crippen molar-refractivity contribution in [3.8, 4) is 0 Å². The molecule has 0 bridgehead atoms. The van der Waals surface area contributed by atoms with Gasteiger partial charge in [-0.25, -0.2) is 4.98 Å². The van der Waals surface area contributed by atoms with Crippen molar-refractivity contribution in [1.82, 2.24) is 4.98 Å². The second kappa shape index (κ2) is 5.59. The van der Waals surface area contributed by atoms with E-state index in [1.165, 1.54) is 23.3 Å². The Morgan fingerprint density at radius 1 is 1.71 bits per heavy atom. The van der Waals surface area contributed by atoms with Gasteiger partial charge < -0.3 is 4.74 Å². The first-order valence-corrected chi connectivity index (χ1v) is 7.73. The number of aromatic nitrogens is 1. The molecule has 1 aliphatic rings. The van der Waals surface area contributed by atoms with Crippen LogP contribution in [0.4, 0.5) is 0 Å². The van der Waals surface area contributed by atoms with Crippen molar-refractivity contribution in [3.63, 3.8) is 0 Å². The number of esters is 1. The van der Waals surface area contributed by atoms with Gasteiger partial charge in [0.15, 0.2) is 4.47 Å². The molecule has 6 heteroatoms. The molecular formula is C11H14ClNO2S2. The van der Waals surface area contributed by atoms with E-state index in [1.54, 1.807) is 0 Å². The fourth-order valence-corrected chi connectivity index (χ4v) is 4.11. The van der Waals surface area contributed by atoms with Crippen molar-refractivity contribution in [3.05, 3.63) is 15.5 Å². The van der Waals surface area contributed by atoms with Crippen LogP contribution in [0.2, 0.25) is 4.47 Å². The van der Waals surface area contributed by atoms with E-state index in [1.807, 2.05) is 18.0 Å². The second-order valence-electron chi connectivity index (χ2n) is 4.33. The quantitative estimate of drug-likeness (QED) is 0.753. The van der Waals surface area contributed by atoms with Crippen LogP contribution in [0.25, 0.3) is 0 Å². The van der Waals surface area contributed by atoms with Gasteiger partial charge in [0.25, 0.3) is 0 Å². The lowest BCUT2D eigenvalue weighted by molar-refractivity contribution is -0.141. The second-order valence-corrected chi connectivity index (χ2v) is 7.01. The summed E-state index contributed by atoms with van der Waals surface area (Å²) in [6.45, 7) is 0. The molecule has 0 aliphatic heterocycles. The first kappa shape index (κ1) is 13.2. The first-order valence-electron chi connectivity index (χ1n) is 5.38. The van der Waals surface area contributed by atoms with Gasteiger partial charge >= 0.3 is 5.97 Å². The minimum absolute atomic E-state index is 0.0936. The Bertz CT molecular complexity index is 404. The highest BCUT2D eigenvalue weighted by molar-refractivity contribution is 7.98. The Morgan fingerprint density at radius 2 is 2.47 bits per heavy atom. The third-order valence-corrected chi connectivity index (χ3v) is 5.51. The van der Waals surface area contributed by atoms with E-state index >= 15 is 0 Å². The van der Waals surface area contributed by atoms with Gasteiger partial charge in [0.05, 0.1) is 13.5 Å². The summed E-state index contributed by atoms with van der Waals surface area (Å²) in [6, 6.07) is 0. The van der Waals surface area contributed by atoms with E-state index in [2.05, 4.69) is 4.98 Å². The smallest absolute Gasteiger partial charge is 0.306 e. The number of carbonyl (C=O) groups excluding carboxylic acids is 1. The average Bonchev–Trinajstić information content (AvgIpc) is 2.93. The van der Waals surface area contributed by atoms with Gasteiger partial charge in [0.1, 0.15) is 0 Å². The molecule has 0 unspecified atom stereocenters. The zero-order chi connectivity index (χ0) is 12.3. The van der Waals surface area contributed by atoms with Crippen molar-refractivity contribution in [2.75, 3.05) is 12.9 Å². The van der Waals surface area contributed by atoms with Gasteiger partial charge in [0.2, 0.25) is 0 Å². The van der Waals surface area contributed by atoms with Gasteiger partial charge in [-0.05, 0) is 24.0 Å². The molecular weight excluding hydrogens is 278 g/mol. The lowest BCUT2D eigenvalue weighted by Crippen LogP contribution is -2.13. The standard InChI is InChI=1S/C11H14ClNO2S2/c1-15-9(14)4-11(2-3-11)7-16-6-8-5-13-10(12)17-8/h5H,2-4,6-7H2,1H3. The maximum atomic E-state index is 11.2. The molecule has 0 radical (unpaired) electrons. The maximum absolute atomic E-state index is 11.2. The molecule has 1 fully saturated rings. The number of nitrogens with zero attached hydrogens (tertiary/aromatic N) is 1. The SMILES string of the molecule is COC(=O)CC1(CSCc2cnc(Cl)s2)CC1. The van der Waals surface area contributed by atoms with Crippen LogP contribution in [0.15, 0.2) is 6.20 Å². The molecule has 1 saturated carbocycles. The summed E-state index contributed by atoms with van der Waals surface area (Å²) in [7, 11) is 1.45. The van der Waals surface area contributed by atoms with Crippen LogP contribution >= 0.6 is 34.7 Å². The number of halogens is 1. The van der Waals surface area contributed by atoms with Gasteiger partial charge in [-0.2, -0.15) is 11.8 Å². The number of hydrogen-bond acceptors (Lipinski definition) is 5. The zero-order valence-corrected chi connectivity index (χ0v) is 12.0. The molecule has 0 N–H and O–H groups in total. The highest BCUT2D eigenvalue weighted by atomic mass is 35.5. The fraction of sp³-hybridized carbons (Fsp3) is 0.636. The van der Waals surface area contributed by atoms with E-state index in [0.717, 1.165) is 24.3 Å². The molecule has 0 atom stereocenters. The van der Waals surface area contributed by atoms with Crippen LogP contribution < -0.4 is 0 Å². The lowest BCUT2D eigenvalue weighted by Gasteiger charge is -2.12. The topological polar surface area (TPSA) is 39.2 Å². The zero-order valence-electron chi connectivity index (χ0n) is 9.57. The molecule has 94 valence electrons. The molecule has 0 amide bonds. The van der Waals surface area contributed by atoms with Gasteiger partial charge in [-0.15, -0.1) is 11.3 Å². The lowest BCUT2D eigenvalue weighted by atomic mass is 10.1. The van der Waals surface area contributed by atoms with Crippen molar-refractivity contribution >= 4 is 40.7 Å². The number of carbonyl (C=O) groups is 1. The number of rotatable bonds is 6. The molecule has 17 heavy (non-hydrogen) atoms. The van der Waals surface area contributed by atoms with E-state index in [-0.39, 0.29) is 11.4 Å². The summed E-state index contributed by atoms with van der Waals surface area (Å²) in [5, 5.41) is 0. The monoisotopic (exact) mass is 291 g/mol. The third kappa shape index (κ3) is 3.86. The fourth-order valence-electron chi connectivity index (χ4n) is 1.65. The summed E-state index contributed by atoms with van der Waals surface area (Å²) in [5.74, 6) is 1.84. The number of thioether (sulfide) groups is 1. The molecule has 1 heterocycles. The highest BCUT2D eigenvalue weighted by Crippen LogP contribution is 2.51. The number of ether oxygens (including phenoxy) is 1. The summed E-state index contributed by atoms with van der Waals surface area (Å²) in [6.07, 6.45) is 4.65. The van der Waals surface area contributed by atoms with Crippen LogP contribution in [0.3, 0.4) is 0 Å². The molecule has 0 spiro atoms. The Kier molecular flexibility index (Phi) is 4.33. The summed E-state index contributed by atoms with van der Waals surface area (Å²) >= 11 is 9.13. The molecule has 0 aromatic carbocycles. The van der Waals surface area contributed by atoms with Crippen LogP contribution in [0.5, 0.6) is 0 Å². The predicted molar refractivity (Wildman–Crippen MR) is 71.6 cm³/mol. The predicted octanol–water partition coefficient (Wildman–Crippen LogP) is 3.37. The van der Waals surface area contributed by atoms with E-state index in [4.69, 9.17) is 16.3 Å². The Morgan fingerprint density at radius 3 is 3.00 bits per heavy atom. The molecule has 1 aliphatic carbocycles. The maximum Gasteiger partial charge on any atom is 0.306 e. The number of hydrogen-bond donors (Lipinski definition) is 0. The largest absolute Gasteiger partial charge is 0.469 e. The Labute approximate surface area is 114 Å². The van der Waals surface area contributed by atoms with Gasteiger partial charge in [-0.3, -0.25) is 4.79 Å². The minimum atomic E-state index is -0.0936. The van der Waals surface area contributed by atoms with Gasteiger partial charge in [0, 0.05) is 16.8 Å². The Balaban J connectivity index is 1.73. The van der Waals surface area contributed by atoms with E-state index in [9.17, 15) is 4.79 Å². The molecule has 1 aromatic rings. The van der Waals surface area contributed by atoms with Crippen LogP contribution in [-0.4, -0.2) is 23.8 Å². The van der Waals surface area contributed by atoms with Crippen LogP contribution in [-0.2, 0) is 15.3 Å². The van der Waals surface area contributed by atoms with E-state index < -0.39 is 0 Å². The van der Waals surface area contributed by atoms with Crippen LogP contribution in [0.1, 0.15) is 24.1 Å². The Hall–Kier alpha value is -0.260.